The Hall–Kier alpha value is -1.73. The minimum Gasteiger partial charge on any atom is -0.352 e. The van der Waals surface area contributed by atoms with Crippen LogP contribution >= 0.6 is 0 Å². The van der Waals surface area contributed by atoms with E-state index in [9.17, 15) is 13.6 Å². The van der Waals surface area contributed by atoms with E-state index in [1.54, 1.807) is 11.1 Å². The van der Waals surface area contributed by atoms with Crippen molar-refractivity contribution in [2.45, 2.75) is 63.4 Å². The first-order valence-electron chi connectivity index (χ1n) is 9.84. The first kappa shape index (κ1) is 18.6. The molecule has 6 unspecified atom stereocenters. The van der Waals surface area contributed by atoms with E-state index in [0.717, 1.165) is 30.5 Å². The molecule has 4 aliphatic rings. The second kappa shape index (κ2) is 7.02. The predicted molar refractivity (Wildman–Crippen MR) is 99.3 cm³/mol. The van der Waals surface area contributed by atoms with Crippen molar-refractivity contribution in [3.8, 4) is 0 Å². The molecule has 1 fully saturated rings. The van der Waals surface area contributed by atoms with Gasteiger partial charge in [-0.3, -0.25) is 9.80 Å². The number of nitrogens with two attached hydrogens (primary N) is 1. The molecular weight excluding hydrogens is 350 g/mol. The molecule has 0 bridgehead atoms. The quantitative estimate of drug-likeness (QED) is 0.775. The van der Waals surface area contributed by atoms with Gasteiger partial charge >= 0.3 is 0 Å². The van der Waals surface area contributed by atoms with Crippen LogP contribution in [0.15, 0.2) is 35.3 Å². The lowest BCUT2D eigenvalue weighted by Crippen LogP contribution is -2.55. The zero-order valence-corrected chi connectivity index (χ0v) is 15.9. The van der Waals surface area contributed by atoms with E-state index in [1.165, 1.54) is 6.08 Å². The number of alkyl halides is 1. The zero-order valence-electron chi connectivity index (χ0n) is 15.9. The molecule has 7 heteroatoms. The van der Waals surface area contributed by atoms with Crippen LogP contribution in [0.4, 0.5) is 8.78 Å². The summed E-state index contributed by atoms with van der Waals surface area (Å²) in [5.74, 6) is -0.906. The summed E-state index contributed by atoms with van der Waals surface area (Å²) in [6.07, 6.45) is 6.53. The molecule has 3 N–H and O–H groups in total. The number of hydrogen-bond donors (Lipinski definition) is 2. The Morgan fingerprint density at radius 2 is 2.07 bits per heavy atom. The largest absolute Gasteiger partial charge is 0.352 e. The molecule has 2 heterocycles. The average molecular weight is 378 g/mol. The summed E-state index contributed by atoms with van der Waals surface area (Å²) in [5.41, 5.74) is 11.3. The van der Waals surface area contributed by atoms with E-state index in [2.05, 4.69) is 16.4 Å². The summed E-state index contributed by atoms with van der Waals surface area (Å²) in [4.78, 5) is 14.9. The number of rotatable bonds is 2. The van der Waals surface area contributed by atoms with Gasteiger partial charge in [-0.15, -0.1) is 0 Å². The summed E-state index contributed by atoms with van der Waals surface area (Å²) in [6, 6.07) is 0.105. The van der Waals surface area contributed by atoms with Gasteiger partial charge in [0.1, 0.15) is 12.3 Å². The lowest BCUT2D eigenvalue weighted by atomic mass is 9.76. The molecule has 2 aliphatic carbocycles. The molecular formula is C20H28F2N4O. The molecule has 0 aromatic heterocycles. The van der Waals surface area contributed by atoms with Gasteiger partial charge in [-0.25, -0.2) is 14.2 Å². The number of amides is 1. The van der Waals surface area contributed by atoms with E-state index < -0.39 is 6.17 Å². The van der Waals surface area contributed by atoms with Crippen molar-refractivity contribution in [2.24, 2.45) is 17.6 Å². The Balaban J connectivity index is 1.64. The van der Waals surface area contributed by atoms with Gasteiger partial charge in [0.25, 0.3) is 5.91 Å². The van der Waals surface area contributed by atoms with Crippen LogP contribution in [0, 0.1) is 11.8 Å². The molecule has 0 spiro atoms. The third kappa shape index (κ3) is 3.21. The number of halogens is 2. The highest BCUT2D eigenvalue weighted by Gasteiger charge is 2.52. The fourth-order valence-electron chi connectivity index (χ4n) is 5.10. The maximum Gasteiger partial charge on any atom is 0.264 e. The molecule has 148 valence electrons. The number of fused-ring (bicyclic) bond motifs is 1. The maximum absolute atomic E-state index is 14.7. The molecule has 4 rings (SSSR count). The second-order valence-corrected chi connectivity index (χ2v) is 8.29. The summed E-state index contributed by atoms with van der Waals surface area (Å²) in [5, 5.41) is 1.62. The molecule has 0 radical (unpaired) electrons. The van der Waals surface area contributed by atoms with Crippen LogP contribution in [0.25, 0.3) is 0 Å². The molecule has 1 amide bonds. The number of hydrazine groups is 1. The number of carbonyl (C=O) groups excluding carboxylic acids is 1. The van der Waals surface area contributed by atoms with Crippen LogP contribution in [-0.2, 0) is 4.79 Å². The van der Waals surface area contributed by atoms with Gasteiger partial charge < -0.3 is 10.6 Å². The Morgan fingerprint density at radius 1 is 1.30 bits per heavy atom. The van der Waals surface area contributed by atoms with Gasteiger partial charge in [-0.2, -0.15) is 0 Å². The normalized spacial score (nSPS) is 39.7. The molecule has 0 saturated carbocycles. The number of likely N-dealkylation sites (N-methyl/N-ethyl adjacent to an activating group) is 1. The topological polar surface area (TPSA) is 61.6 Å². The molecule has 0 aromatic carbocycles. The molecule has 27 heavy (non-hydrogen) atoms. The fourth-order valence-corrected chi connectivity index (χ4v) is 5.10. The van der Waals surface area contributed by atoms with Crippen molar-refractivity contribution in [1.82, 2.24) is 15.3 Å². The standard InChI is InChI=1S/C20H28F2N4O/c1-11-19(15-8-5-13(21)9-16(15)22)20-25(2)17(10-18(27)26(20)24-11)12-3-6-14(23)7-4-12/h3,5,10-11,14-16,19-20,24H,4,6-9,23H2,1-2H3. The smallest absolute Gasteiger partial charge is 0.264 e. The van der Waals surface area contributed by atoms with Crippen LogP contribution in [-0.4, -0.2) is 47.3 Å². The van der Waals surface area contributed by atoms with Crippen molar-refractivity contribution in [2.75, 3.05) is 7.05 Å². The molecule has 5 nitrogen and oxygen atoms in total. The number of carbonyl (C=O) groups is 1. The van der Waals surface area contributed by atoms with Crippen LogP contribution in [0.2, 0.25) is 0 Å². The highest BCUT2D eigenvalue weighted by atomic mass is 19.1. The third-order valence-electron chi connectivity index (χ3n) is 6.54. The van der Waals surface area contributed by atoms with Crippen molar-refractivity contribution in [3.05, 3.63) is 35.3 Å². The summed E-state index contributed by atoms with van der Waals surface area (Å²) in [7, 11) is 1.96. The second-order valence-electron chi connectivity index (χ2n) is 8.29. The van der Waals surface area contributed by atoms with Crippen LogP contribution in [0.3, 0.4) is 0 Å². The number of nitrogens with one attached hydrogen (secondary N) is 1. The lowest BCUT2D eigenvalue weighted by molar-refractivity contribution is -0.136. The highest BCUT2D eigenvalue weighted by molar-refractivity contribution is 5.90. The first-order chi connectivity index (χ1) is 12.9. The van der Waals surface area contributed by atoms with E-state index >= 15 is 0 Å². The van der Waals surface area contributed by atoms with E-state index in [4.69, 9.17) is 5.73 Å². The van der Waals surface area contributed by atoms with Crippen LogP contribution in [0.1, 0.15) is 39.0 Å². The van der Waals surface area contributed by atoms with Gasteiger partial charge in [0.15, 0.2) is 0 Å². The minimum absolute atomic E-state index is 0.0688. The highest BCUT2D eigenvalue weighted by Crippen LogP contribution is 2.43. The number of nitrogens with zero attached hydrogens (tertiary/aromatic N) is 2. The van der Waals surface area contributed by atoms with Gasteiger partial charge in [0.2, 0.25) is 0 Å². The van der Waals surface area contributed by atoms with Gasteiger partial charge in [-0.1, -0.05) is 12.2 Å². The SMILES string of the molecule is CC1NN2C(=O)C=C(C3=CCC(N)CC3)N(C)C2C1C1CC=C(F)CC1F. The molecule has 6 atom stereocenters. The summed E-state index contributed by atoms with van der Waals surface area (Å²) < 4.78 is 28.2. The Bertz CT molecular complexity index is 719. The monoisotopic (exact) mass is 378 g/mol. The lowest BCUT2D eigenvalue weighted by Gasteiger charge is -2.44. The van der Waals surface area contributed by atoms with Crippen molar-refractivity contribution >= 4 is 5.91 Å². The first-order valence-corrected chi connectivity index (χ1v) is 9.84. The molecule has 0 aromatic rings. The third-order valence-corrected chi connectivity index (χ3v) is 6.54. The van der Waals surface area contributed by atoms with Crippen molar-refractivity contribution in [1.29, 1.82) is 0 Å². The summed E-state index contributed by atoms with van der Waals surface area (Å²) >= 11 is 0. The Labute approximate surface area is 158 Å². The molecule has 1 saturated heterocycles. The van der Waals surface area contributed by atoms with Gasteiger partial charge in [-0.05, 0) is 38.2 Å². The van der Waals surface area contributed by atoms with Crippen molar-refractivity contribution in [3.63, 3.8) is 0 Å². The maximum atomic E-state index is 14.7. The van der Waals surface area contributed by atoms with Crippen LogP contribution in [0.5, 0.6) is 0 Å². The Kier molecular flexibility index (Phi) is 4.84. The van der Waals surface area contributed by atoms with Gasteiger partial charge in [0, 0.05) is 49.2 Å². The molecule has 2 aliphatic heterocycles. The summed E-state index contributed by atoms with van der Waals surface area (Å²) in [6.45, 7) is 1.98. The van der Waals surface area contributed by atoms with Gasteiger partial charge in [0.05, 0.1) is 5.83 Å². The fraction of sp³-hybridized carbons (Fsp3) is 0.650. The van der Waals surface area contributed by atoms with Crippen LogP contribution < -0.4 is 11.2 Å². The average Bonchev–Trinajstić information content (AvgIpc) is 2.97. The predicted octanol–water partition coefficient (Wildman–Crippen LogP) is 2.53. The zero-order chi connectivity index (χ0) is 19.3. The van der Waals surface area contributed by atoms with E-state index in [-0.39, 0.29) is 48.2 Å². The van der Waals surface area contributed by atoms with E-state index in [1.807, 2.05) is 14.0 Å². The number of hydrogen-bond acceptors (Lipinski definition) is 4. The Morgan fingerprint density at radius 3 is 2.74 bits per heavy atom. The minimum atomic E-state index is -1.23. The van der Waals surface area contributed by atoms with Crippen molar-refractivity contribution < 1.29 is 13.6 Å². The van der Waals surface area contributed by atoms with E-state index in [0.29, 0.717) is 6.42 Å². The number of allylic oxidation sites excluding steroid dienone is 3.